The lowest BCUT2D eigenvalue weighted by atomic mass is 10.0. The van der Waals surface area contributed by atoms with Gasteiger partial charge in [-0.2, -0.15) is 13.2 Å². The molecule has 0 aliphatic rings. The van der Waals surface area contributed by atoms with Gasteiger partial charge >= 0.3 is 6.18 Å². The lowest BCUT2D eigenvalue weighted by Gasteiger charge is -2.09. The van der Waals surface area contributed by atoms with Crippen molar-refractivity contribution in [2.45, 2.75) is 19.5 Å². The van der Waals surface area contributed by atoms with Crippen LogP contribution < -0.4 is 0 Å². The fourth-order valence-corrected chi connectivity index (χ4v) is 1.15. The van der Waals surface area contributed by atoms with E-state index in [9.17, 15) is 13.2 Å². The lowest BCUT2D eigenvalue weighted by molar-refractivity contribution is -0.137. The Balaban J connectivity index is 3.10. The van der Waals surface area contributed by atoms with E-state index in [-0.39, 0.29) is 0 Å². The number of alkyl halides is 3. The maximum absolute atomic E-state index is 12.2. The van der Waals surface area contributed by atoms with E-state index in [1.807, 2.05) is 6.92 Å². The van der Waals surface area contributed by atoms with Gasteiger partial charge in [0.05, 0.1) is 5.56 Å². The molecule has 1 aromatic rings. The molecule has 0 N–H and O–H groups in total. The van der Waals surface area contributed by atoms with Crippen LogP contribution in [-0.2, 0) is 12.6 Å². The third-order valence-electron chi connectivity index (χ3n) is 1.91. The number of rotatable bonds is 1. The third-order valence-corrected chi connectivity index (χ3v) is 1.91. The van der Waals surface area contributed by atoms with E-state index >= 15 is 0 Å². The van der Waals surface area contributed by atoms with Crippen molar-refractivity contribution in [2.24, 2.45) is 0 Å². The van der Waals surface area contributed by atoms with Crippen LogP contribution in [-0.4, -0.2) is 0 Å². The van der Waals surface area contributed by atoms with Crippen LogP contribution in [0, 0.1) is 6.92 Å². The fourth-order valence-electron chi connectivity index (χ4n) is 1.15. The fraction of sp³-hybridized carbons (Fsp3) is 0.300. The minimum Gasteiger partial charge on any atom is -0.166 e. The maximum atomic E-state index is 12.2. The number of halogens is 3. The minimum absolute atomic E-state index is 0.456. The minimum atomic E-state index is -4.27. The van der Waals surface area contributed by atoms with E-state index in [4.69, 9.17) is 0 Å². The van der Waals surface area contributed by atoms with Gasteiger partial charge < -0.3 is 0 Å². The first-order chi connectivity index (χ1) is 5.95. The first-order valence-corrected chi connectivity index (χ1v) is 3.97. The summed E-state index contributed by atoms with van der Waals surface area (Å²) >= 11 is 0. The van der Waals surface area contributed by atoms with Crippen LogP contribution >= 0.6 is 0 Å². The maximum Gasteiger partial charge on any atom is 0.416 e. The molecule has 0 heterocycles. The molecule has 13 heavy (non-hydrogen) atoms. The smallest absolute Gasteiger partial charge is 0.166 e. The monoisotopic (exact) mass is 187 g/mol. The van der Waals surface area contributed by atoms with E-state index in [1.54, 1.807) is 0 Å². The lowest BCUT2D eigenvalue weighted by Crippen LogP contribution is -2.05. The summed E-state index contributed by atoms with van der Waals surface area (Å²) in [6.45, 7) is 5.45. The predicted octanol–water partition coefficient (Wildman–Crippen LogP) is 3.45. The molecule has 1 radical (unpaired) electrons. The number of aryl methyl sites for hydroxylation is 1. The molecular weight excluding hydrogens is 177 g/mol. The molecule has 0 unspecified atom stereocenters. The highest BCUT2D eigenvalue weighted by molar-refractivity contribution is 5.35. The summed E-state index contributed by atoms with van der Waals surface area (Å²) in [5, 5.41) is 0. The van der Waals surface area contributed by atoms with Gasteiger partial charge in [0.15, 0.2) is 0 Å². The van der Waals surface area contributed by atoms with E-state index in [0.29, 0.717) is 12.0 Å². The van der Waals surface area contributed by atoms with Crippen LogP contribution in [0.15, 0.2) is 18.2 Å². The van der Waals surface area contributed by atoms with Crippen molar-refractivity contribution >= 4 is 0 Å². The first kappa shape index (κ1) is 10.1. The zero-order valence-electron chi connectivity index (χ0n) is 7.28. The Labute approximate surface area is 75.4 Å². The Bertz CT molecular complexity index is 300. The van der Waals surface area contributed by atoms with Crippen molar-refractivity contribution in [1.82, 2.24) is 0 Å². The molecule has 0 amide bonds. The van der Waals surface area contributed by atoms with Crippen molar-refractivity contribution in [2.75, 3.05) is 0 Å². The summed E-state index contributed by atoms with van der Waals surface area (Å²) in [6, 6.07) is 3.65. The van der Waals surface area contributed by atoms with Crippen molar-refractivity contribution in [3.63, 3.8) is 0 Å². The Morgan fingerprint density at radius 3 is 2.31 bits per heavy atom. The molecule has 0 aromatic heterocycles. The quantitative estimate of drug-likeness (QED) is 0.631. The standard InChI is InChI=1S/C10H10F3/c1-3-8-4-5-9(6-7(8)2)10(11,12)13/h4-6H,2-3H2,1H3. The highest BCUT2D eigenvalue weighted by Crippen LogP contribution is 2.30. The van der Waals surface area contributed by atoms with Gasteiger partial charge in [-0.25, -0.2) is 0 Å². The largest absolute Gasteiger partial charge is 0.416 e. The second-order valence-corrected chi connectivity index (χ2v) is 2.83. The van der Waals surface area contributed by atoms with Crippen molar-refractivity contribution in [3.8, 4) is 0 Å². The molecule has 1 rings (SSSR count). The molecule has 0 saturated heterocycles. The molecule has 0 aliphatic heterocycles. The number of benzene rings is 1. The molecule has 0 atom stereocenters. The molecule has 0 fully saturated rings. The highest BCUT2D eigenvalue weighted by Gasteiger charge is 2.30. The molecule has 3 heteroatoms. The summed E-state index contributed by atoms with van der Waals surface area (Å²) < 4.78 is 36.5. The molecule has 0 saturated carbocycles. The van der Waals surface area contributed by atoms with Gasteiger partial charge in [-0.3, -0.25) is 0 Å². The molecule has 0 aliphatic carbocycles. The first-order valence-electron chi connectivity index (χ1n) is 3.97. The predicted molar refractivity (Wildman–Crippen MR) is 45.3 cm³/mol. The zero-order chi connectivity index (χ0) is 10.1. The van der Waals surface area contributed by atoms with Gasteiger partial charge in [0, 0.05) is 0 Å². The van der Waals surface area contributed by atoms with Gasteiger partial charge in [-0.1, -0.05) is 13.0 Å². The molecule has 1 aromatic carbocycles. The van der Waals surface area contributed by atoms with Gasteiger partial charge in [0.25, 0.3) is 0 Å². The van der Waals surface area contributed by atoms with Crippen LogP contribution in [0.4, 0.5) is 13.2 Å². The van der Waals surface area contributed by atoms with Crippen molar-refractivity contribution in [3.05, 3.63) is 41.8 Å². The second kappa shape index (κ2) is 3.40. The number of hydrogen-bond acceptors (Lipinski definition) is 0. The van der Waals surface area contributed by atoms with E-state index < -0.39 is 11.7 Å². The van der Waals surface area contributed by atoms with Crippen molar-refractivity contribution in [1.29, 1.82) is 0 Å². The summed E-state index contributed by atoms with van der Waals surface area (Å²) in [6.07, 6.45) is -3.56. The van der Waals surface area contributed by atoms with Crippen LogP contribution in [0.3, 0.4) is 0 Å². The van der Waals surface area contributed by atoms with Crippen LogP contribution in [0.25, 0.3) is 0 Å². The Kier molecular flexibility index (Phi) is 2.64. The van der Waals surface area contributed by atoms with Crippen LogP contribution in [0.1, 0.15) is 23.6 Å². The zero-order valence-corrected chi connectivity index (χ0v) is 7.28. The summed E-state index contributed by atoms with van der Waals surface area (Å²) in [5.41, 5.74) is 0.681. The highest BCUT2D eigenvalue weighted by atomic mass is 19.4. The molecular formula is C10H10F3. The van der Waals surface area contributed by atoms with E-state index in [2.05, 4.69) is 6.92 Å². The average molecular weight is 187 g/mol. The Hall–Kier alpha value is -0.990. The summed E-state index contributed by atoms with van der Waals surface area (Å²) in [4.78, 5) is 0. The summed E-state index contributed by atoms with van der Waals surface area (Å²) in [5.74, 6) is 0. The second-order valence-electron chi connectivity index (χ2n) is 2.83. The SMILES string of the molecule is [CH2]c1cc(C(F)(F)F)ccc1CC. The van der Waals surface area contributed by atoms with Gasteiger partial charge in [0.2, 0.25) is 0 Å². The van der Waals surface area contributed by atoms with Gasteiger partial charge in [-0.05, 0) is 36.6 Å². The van der Waals surface area contributed by atoms with Crippen molar-refractivity contribution < 1.29 is 13.2 Å². The van der Waals surface area contributed by atoms with E-state index in [0.717, 1.165) is 17.7 Å². The number of hydrogen-bond donors (Lipinski definition) is 0. The molecule has 0 nitrogen and oxygen atoms in total. The molecule has 0 bridgehead atoms. The van der Waals surface area contributed by atoms with Gasteiger partial charge in [0.1, 0.15) is 0 Å². The molecule has 0 spiro atoms. The summed E-state index contributed by atoms with van der Waals surface area (Å²) in [7, 11) is 0. The Morgan fingerprint density at radius 2 is 1.92 bits per heavy atom. The average Bonchev–Trinajstić information content (AvgIpc) is 2.02. The third kappa shape index (κ3) is 2.23. The van der Waals surface area contributed by atoms with E-state index in [1.165, 1.54) is 6.07 Å². The van der Waals surface area contributed by atoms with Crippen LogP contribution in [0.5, 0.6) is 0 Å². The normalized spacial score (nSPS) is 11.8. The molecule has 71 valence electrons. The van der Waals surface area contributed by atoms with Crippen LogP contribution in [0.2, 0.25) is 0 Å². The van der Waals surface area contributed by atoms with Gasteiger partial charge in [-0.15, -0.1) is 0 Å². The Morgan fingerprint density at radius 1 is 1.31 bits per heavy atom. The topological polar surface area (TPSA) is 0 Å².